The van der Waals surface area contributed by atoms with Crippen molar-refractivity contribution in [1.82, 2.24) is 20.5 Å². The van der Waals surface area contributed by atoms with E-state index in [1.165, 1.54) is 0 Å². The highest BCUT2D eigenvalue weighted by molar-refractivity contribution is 5.67. The number of aromatic amines is 1. The van der Waals surface area contributed by atoms with Crippen LogP contribution in [-0.2, 0) is 11.3 Å². The molecule has 1 saturated carbocycles. The van der Waals surface area contributed by atoms with Crippen LogP contribution in [0.15, 0.2) is 30.3 Å². The lowest BCUT2D eigenvalue weighted by atomic mass is 10.0. The van der Waals surface area contributed by atoms with E-state index in [1.807, 2.05) is 44.2 Å². The topological polar surface area (TPSA) is 100 Å². The number of nitrogens with zero attached hydrogens (tertiary/aromatic N) is 2. The fraction of sp³-hybridized carbons (Fsp3) is 0.526. The average Bonchev–Trinajstić information content (AvgIpc) is 3.26. The number of aromatic nitrogens is 3. The van der Waals surface area contributed by atoms with Gasteiger partial charge in [-0.15, -0.1) is 0 Å². The summed E-state index contributed by atoms with van der Waals surface area (Å²) in [5.74, 6) is 2.00. The van der Waals surface area contributed by atoms with E-state index in [9.17, 15) is 9.90 Å². The maximum absolute atomic E-state index is 11.9. The molecule has 7 heteroatoms. The molecule has 3 N–H and O–H groups in total. The first kappa shape index (κ1) is 18.4. The molecule has 3 atom stereocenters. The van der Waals surface area contributed by atoms with E-state index in [0.29, 0.717) is 13.0 Å². The monoisotopic (exact) mass is 358 g/mol. The number of alkyl carbamates (subject to hydrolysis) is 1. The molecule has 0 bridgehead atoms. The highest BCUT2D eigenvalue weighted by atomic mass is 16.5. The smallest absolute Gasteiger partial charge is 0.407 e. The summed E-state index contributed by atoms with van der Waals surface area (Å²) >= 11 is 0. The lowest BCUT2D eigenvalue weighted by molar-refractivity contribution is 0.118. The molecule has 0 saturated heterocycles. The number of amides is 1. The summed E-state index contributed by atoms with van der Waals surface area (Å²) in [6, 6.07) is 9.53. The molecule has 140 valence electrons. The third kappa shape index (κ3) is 4.60. The van der Waals surface area contributed by atoms with E-state index >= 15 is 0 Å². The summed E-state index contributed by atoms with van der Waals surface area (Å²) in [6.45, 7) is 4.71. The normalized spacial score (nSPS) is 22.5. The molecule has 26 heavy (non-hydrogen) atoms. The van der Waals surface area contributed by atoms with Crippen molar-refractivity contribution < 1.29 is 14.6 Å². The van der Waals surface area contributed by atoms with Crippen LogP contribution in [0.1, 0.15) is 55.7 Å². The van der Waals surface area contributed by atoms with Crippen LogP contribution in [0.4, 0.5) is 4.79 Å². The lowest BCUT2D eigenvalue weighted by Crippen LogP contribution is -2.32. The molecule has 7 nitrogen and oxygen atoms in total. The third-order valence-electron chi connectivity index (χ3n) is 4.80. The van der Waals surface area contributed by atoms with Crippen molar-refractivity contribution in [1.29, 1.82) is 0 Å². The number of benzene rings is 1. The minimum atomic E-state index is -0.470. The van der Waals surface area contributed by atoms with Crippen LogP contribution >= 0.6 is 0 Å². The number of ether oxygens (including phenoxy) is 1. The van der Waals surface area contributed by atoms with E-state index in [0.717, 1.165) is 23.6 Å². The number of aliphatic hydroxyl groups is 1. The molecule has 0 spiro atoms. The Bertz CT molecular complexity index is 717. The molecule has 1 aromatic heterocycles. The minimum Gasteiger partial charge on any atom is -0.445 e. The van der Waals surface area contributed by atoms with Gasteiger partial charge in [0.1, 0.15) is 12.4 Å². The first-order valence-electron chi connectivity index (χ1n) is 9.07. The molecule has 0 radical (unpaired) electrons. The van der Waals surface area contributed by atoms with E-state index in [1.54, 1.807) is 0 Å². The second-order valence-electron chi connectivity index (χ2n) is 7.17. The zero-order chi connectivity index (χ0) is 18.5. The number of rotatable bonds is 6. The summed E-state index contributed by atoms with van der Waals surface area (Å²) < 4.78 is 5.20. The zero-order valence-corrected chi connectivity index (χ0v) is 15.2. The molecule has 1 aliphatic rings. The second kappa shape index (κ2) is 8.31. The molecule has 1 fully saturated rings. The number of H-pyrrole nitrogens is 1. The predicted octanol–water partition coefficient (Wildman–Crippen LogP) is 2.71. The Hall–Kier alpha value is -2.41. The summed E-state index contributed by atoms with van der Waals surface area (Å²) in [6.07, 6.45) is 0.443. The Balaban J connectivity index is 1.45. The molecular formula is C19H26N4O3. The molecule has 3 rings (SSSR count). The number of hydrogen-bond acceptors (Lipinski definition) is 5. The predicted molar refractivity (Wildman–Crippen MR) is 96.6 cm³/mol. The van der Waals surface area contributed by atoms with Crippen LogP contribution in [-0.4, -0.2) is 39.0 Å². The fourth-order valence-corrected chi connectivity index (χ4v) is 3.26. The zero-order valence-electron chi connectivity index (χ0n) is 15.2. The molecule has 1 heterocycles. The fourth-order valence-electron chi connectivity index (χ4n) is 3.26. The average molecular weight is 358 g/mol. The first-order chi connectivity index (χ1) is 12.5. The van der Waals surface area contributed by atoms with Gasteiger partial charge < -0.3 is 15.2 Å². The summed E-state index contributed by atoms with van der Waals surface area (Å²) in [7, 11) is 0. The van der Waals surface area contributed by atoms with E-state index in [-0.39, 0.29) is 24.4 Å². The van der Waals surface area contributed by atoms with Gasteiger partial charge in [0.15, 0.2) is 5.82 Å². The summed E-state index contributed by atoms with van der Waals surface area (Å²) in [5.41, 5.74) is 0.940. The Morgan fingerprint density at radius 3 is 2.81 bits per heavy atom. The molecule has 0 aliphatic heterocycles. The van der Waals surface area contributed by atoms with Gasteiger partial charge in [0.25, 0.3) is 0 Å². The van der Waals surface area contributed by atoms with Crippen molar-refractivity contribution in [3.8, 4) is 0 Å². The highest BCUT2D eigenvalue weighted by Crippen LogP contribution is 2.37. The Morgan fingerprint density at radius 2 is 2.12 bits per heavy atom. The van der Waals surface area contributed by atoms with Crippen LogP contribution in [0.5, 0.6) is 0 Å². The minimum absolute atomic E-state index is 0.0168. The van der Waals surface area contributed by atoms with Crippen molar-refractivity contribution in [3.63, 3.8) is 0 Å². The van der Waals surface area contributed by atoms with Crippen LogP contribution < -0.4 is 5.32 Å². The van der Waals surface area contributed by atoms with Crippen molar-refractivity contribution in [3.05, 3.63) is 47.5 Å². The van der Waals surface area contributed by atoms with Gasteiger partial charge in [0.05, 0.1) is 6.10 Å². The standard InChI is InChI=1S/C19H26N4O3/c1-12(2)17-21-18(23-22-17)14-8-15(16(24)9-14)10-20-19(25)26-11-13-6-4-3-5-7-13/h3-7,12,14-16,24H,8-11H2,1-2H3,(H,20,25)(H,21,22,23)/t14-,15+,16+/m1/s1. The number of carbonyl (C=O) groups is 1. The SMILES string of the molecule is CC(C)c1n[nH]c([C@@H]2C[C@@H](CNC(=O)OCc3ccccc3)[C@@H](O)C2)n1. The van der Waals surface area contributed by atoms with Gasteiger partial charge in [0.2, 0.25) is 0 Å². The number of aliphatic hydroxyl groups excluding tert-OH is 1. The van der Waals surface area contributed by atoms with Crippen LogP contribution in [0.25, 0.3) is 0 Å². The van der Waals surface area contributed by atoms with Gasteiger partial charge >= 0.3 is 6.09 Å². The van der Waals surface area contributed by atoms with Gasteiger partial charge in [-0.25, -0.2) is 9.78 Å². The largest absolute Gasteiger partial charge is 0.445 e. The van der Waals surface area contributed by atoms with Gasteiger partial charge in [0, 0.05) is 24.3 Å². The molecule has 1 amide bonds. The maximum Gasteiger partial charge on any atom is 0.407 e. The van der Waals surface area contributed by atoms with Crippen LogP contribution in [0, 0.1) is 5.92 Å². The van der Waals surface area contributed by atoms with Crippen molar-refractivity contribution in [2.45, 2.75) is 51.2 Å². The van der Waals surface area contributed by atoms with Crippen molar-refractivity contribution >= 4 is 6.09 Å². The van der Waals surface area contributed by atoms with Crippen LogP contribution in [0.2, 0.25) is 0 Å². The molecule has 0 unspecified atom stereocenters. The quantitative estimate of drug-likeness (QED) is 0.737. The molecule has 1 aromatic carbocycles. The number of nitrogens with one attached hydrogen (secondary N) is 2. The number of carbonyl (C=O) groups excluding carboxylic acids is 1. The third-order valence-corrected chi connectivity index (χ3v) is 4.80. The van der Waals surface area contributed by atoms with Crippen molar-refractivity contribution in [2.75, 3.05) is 6.54 Å². The van der Waals surface area contributed by atoms with Gasteiger partial charge in [-0.3, -0.25) is 5.10 Å². The van der Waals surface area contributed by atoms with Gasteiger partial charge in [-0.1, -0.05) is 44.2 Å². The van der Waals surface area contributed by atoms with E-state index in [2.05, 4.69) is 20.5 Å². The van der Waals surface area contributed by atoms with Gasteiger partial charge in [-0.2, -0.15) is 5.10 Å². The second-order valence-corrected chi connectivity index (χ2v) is 7.17. The maximum atomic E-state index is 11.9. The lowest BCUT2D eigenvalue weighted by Gasteiger charge is -2.15. The molecule has 2 aromatic rings. The van der Waals surface area contributed by atoms with Crippen molar-refractivity contribution in [2.24, 2.45) is 5.92 Å². The van der Waals surface area contributed by atoms with Crippen LogP contribution in [0.3, 0.4) is 0 Å². The Kier molecular flexibility index (Phi) is 5.88. The number of hydrogen-bond donors (Lipinski definition) is 3. The Labute approximate surface area is 153 Å². The highest BCUT2D eigenvalue weighted by Gasteiger charge is 2.35. The first-order valence-corrected chi connectivity index (χ1v) is 9.07. The van der Waals surface area contributed by atoms with E-state index < -0.39 is 12.2 Å². The molecule has 1 aliphatic carbocycles. The molecular weight excluding hydrogens is 332 g/mol. The summed E-state index contributed by atoms with van der Waals surface area (Å²) in [5, 5.41) is 20.3. The Morgan fingerprint density at radius 1 is 1.35 bits per heavy atom. The summed E-state index contributed by atoms with van der Waals surface area (Å²) in [4.78, 5) is 16.4. The van der Waals surface area contributed by atoms with E-state index in [4.69, 9.17) is 4.74 Å². The van der Waals surface area contributed by atoms with Gasteiger partial charge in [-0.05, 0) is 18.4 Å².